The number of aromatic nitrogens is 1. The fourth-order valence-corrected chi connectivity index (χ4v) is 2.14. The van der Waals surface area contributed by atoms with Gasteiger partial charge in [0.2, 0.25) is 5.91 Å². The van der Waals surface area contributed by atoms with Crippen LogP contribution in [0.4, 0.5) is 11.4 Å². The zero-order valence-electron chi connectivity index (χ0n) is 13.1. The van der Waals surface area contributed by atoms with Gasteiger partial charge >= 0.3 is 0 Å². The number of benzene rings is 1. The van der Waals surface area contributed by atoms with Gasteiger partial charge in [0.1, 0.15) is 0 Å². The molecule has 0 bridgehead atoms. The van der Waals surface area contributed by atoms with E-state index in [2.05, 4.69) is 5.32 Å². The maximum absolute atomic E-state index is 12.5. The van der Waals surface area contributed by atoms with Gasteiger partial charge < -0.3 is 15.6 Å². The molecule has 2 aromatic rings. The molecule has 0 aliphatic rings. The van der Waals surface area contributed by atoms with Crippen LogP contribution in [0.25, 0.3) is 0 Å². The summed E-state index contributed by atoms with van der Waals surface area (Å²) in [6.45, 7) is 5.76. The summed E-state index contributed by atoms with van der Waals surface area (Å²) in [4.78, 5) is 24.5. The van der Waals surface area contributed by atoms with Crippen molar-refractivity contribution < 1.29 is 4.79 Å². The molecular formula is C17H21N3O2. The number of pyridine rings is 1. The highest BCUT2D eigenvalue weighted by molar-refractivity contribution is 5.97. The lowest BCUT2D eigenvalue weighted by Crippen LogP contribution is -2.37. The van der Waals surface area contributed by atoms with Crippen molar-refractivity contribution in [3.63, 3.8) is 0 Å². The number of para-hydroxylation sites is 2. The molecule has 0 fully saturated rings. The zero-order chi connectivity index (χ0) is 16.3. The number of nitrogens with zero attached hydrogens (tertiary/aromatic N) is 1. The molecule has 0 spiro atoms. The second-order valence-corrected chi connectivity index (χ2v) is 6.10. The molecule has 2 rings (SSSR count). The van der Waals surface area contributed by atoms with Crippen LogP contribution in [-0.4, -0.2) is 10.5 Å². The molecule has 0 saturated heterocycles. The van der Waals surface area contributed by atoms with Gasteiger partial charge in [-0.05, 0) is 44.5 Å². The van der Waals surface area contributed by atoms with Crippen LogP contribution in [0.3, 0.4) is 0 Å². The summed E-state index contributed by atoms with van der Waals surface area (Å²) < 4.78 is 1.54. The van der Waals surface area contributed by atoms with Gasteiger partial charge in [0.05, 0.1) is 16.8 Å². The second-order valence-electron chi connectivity index (χ2n) is 6.10. The number of nitrogens with two attached hydrogens (primary N) is 1. The van der Waals surface area contributed by atoms with E-state index in [9.17, 15) is 9.59 Å². The summed E-state index contributed by atoms with van der Waals surface area (Å²) in [5.41, 5.74) is 6.97. The molecule has 1 aromatic carbocycles. The monoisotopic (exact) mass is 299 g/mol. The standard InChI is InChI=1S/C17H21N3O2/c1-12-8-9-20(15(21)10-12)11-17(2,3)16(22)19-14-7-5-4-6-13(14)18/h4-10H,11,18H2,1-3H3,(H,19,22). The van der Waals surface area contributed by atoms with Gasteiger partial charge in [0.25, 0.3) is 5.56 Å². The average molecular weight is 299 g/mol. The lowest BCUT2D eigenvalue weighted by Gasteiger charge is -2.25. The number of amides is 1. The second kappa shape index (κ2) is 6.05. The van der Waals surface area contributed by atoms with Crippen LogP contribution in [0.1, 0.15) is 19.4 Å². The van der Waals surface area contributed by atoms with Crippen LogP contribution in [-0.2, 0) is 11.3 Å². The summed E-state index contributed by atoms with van der Waals surface area (Å²) in [7, 11) is 0. The normalized spacial score (nSPS) is 11.2. The number of hydrogen-bond acceptors (Lipinski definition) is 3. The molecule has 0 aliphatic heterocycles. The number of anilines is 2. The third-order valence-electron chi connectivity index (χ3n) is 3.54. The van der Waals surface area contributed by atoms with E-state index < -0.39 is 5.41 Å². The van der Waals surface area contributed by atoms with Gasteiger partial charge in [0, 0.05) is 18.8 Å². The predicted molar refractivity (Wildman–Crippen MR) is 88.7 cm³/mol. The van der Waals surface area contributed by atoms with Gasteiger partial charge in [0.15, 0.2) is 0 Å². The van der Waals surface area contributed by atoms with E-state index in [4.69, 9.17) is 5.73 Å². The molecule has 0 saturated carbocycles. The topological polar surface area (TPSA) is 77.1 Å². The summed E-state index contributed by atoms with van der Waals surface area (Å²) in [5, 5.41) is 2.82. The number of nitrogens with one attached hydrogen (secondary N) is 1. The zero-order valence-corrected chi connectivity index (χ0v) is 13.1. The number of rotatable bonds is 4. The first-order valence-electron chi connectivity index (χ1n) is 7.13. The van der Waals surface area contributed by atoms with Crippen LogP contribution in [0.2, 0.25) is 0 Å². The molecule has 5 nitrogen and oxygen atoms in total. The van der Waals surface area contributed by atoms with Crippen LogP contribution in [0, 0.1) is 12.3 Å². The Balaban J connectivity index is 2.17. The van der Waals surface area contributed by atoms with Crippen molar-refractivity contribution in [3.8, 4) is 0 Å². The van der Waals surface area contributed by atoms with Crippen molar-refractivity contribution in [1.82, 2.24) is 4.57 Å². The summed E-state index contributed by atoms with van der Waals surface area (Å²) in [5.74, 6) is -0.183. The molecule has 1 heterocycles. The minimum absolute atomic E-state index is 0.111. The Labute approximate surface area is 129 Å². The number of aryl methyl sites for hydroxylation is 1. The molecule has 0 atom stereocenters. The highest BCUT2D eigenvalue weighted by Gasteiger charge is 2.29. The molecule has 116 valence electrons. The van der Waals surface area contributed by atoms with Crippen LogP contribution in [0.15, 0.2) is 47.4 Å². The van der Waals surface area contributed by atoms with Crippen molar-refractivity contribution >= 4 is 17.3 Å². The number of carbonyl (C=O) groups is 1. The average Bonchev–Trinajstić information content (AvgIpc) is 2.44. The van der Waals surface area contributed by atoms with Crippen LogP contribution in [0.5, 0.6) is 0 Å². The van der Waals surface area contributed by atoms with Crippen LogP contribution >= 0.6 is 0 Å². The van der Waals surface area contributed by atoms with Crippen molar-refractivity contribution in [2.45, 2.75) is 27.3 Å². The quantitative estimate of drug-likeness (QED) is 0.851. The van der Waals surface area contributed by atoms with Gasteiger partial charge in [-0.15, -0.1) is 0 Å². The Morgan fingerprint density at radius 1 is 1.27 bits per heavy atom. The minimum Gasteiger partial charge on any atom is -0.397 e. The molecule has 1 amide bonds. The highest BCUT2D eigenvalue weighted by atomic mass is 16.2. The number of nitrogen functional groups attached to an aromatic ring is 1. The Hall–Kier alpha value is -2.56. The molecule has 0 radical (unpaired) electrons. The number of hydrogen-bond donors (Lipinski definition) is 2. The smallest absolute Gasteiger partial charge is 0.250 e. The third-order valence-corrected chi connectivity index (χ3v) is 3.54. The first-order valence-corrected chi connectivity index (χ1v) is 7.13. The summed E-state index contributed by atoms with van der Waals surface area (Å²) >= 11 is 0. The van der Waals surface area contributed by atoms with Crippen LogP contribution < -0.4 is 16.6 Å². The van der Waals surface area contributed by atoms with Crippen molar-refractivity contribution in [1.29, 1.82) is 0 Å². The van der Waals surface area contributed by atoms with E-state index >= 15 is 0 Å². The molecule has 0 aliphatic carbocycles. The SMILES string of the molecule is Cc1ccn(CC(C)(C)C(=O)Nc2ccccc2N)c(=O)c1. The first-order chi connectivity index (χ1) is 10.3. The molecule has 5 heteroatoms. The van der Waals surface area contributed by atoms with E-state index in [0.29, 0.717) is 17.9 Å². The fraction of sp³-hybridized carbons (Fsp3) is 0.294. The van der Waals surface area contributed by atoms with Crippen molar-refractivity contribution in [2.24, 2.45) is 5.41 Å². The van der Waals surface area contributed by atoms with Gasteiger partial charge in [-0.2, -0.15) is 0 Å². The predicted octanol–water partition coefficient (Wildman–Crippen LogP) is 2.40. The van der Waals surface area contributed by atoms with E-state index in [1.165, 1.54) is 0 Å². The van der Waals surface area contributed by atoms with E-state index in [1.54, 1.807) is 42.8 Å². The van der Waals surface area contributed by atoms with E-state index in [1.807, 2.05) is 25.1 Å². The first kappa shape index (κ1) is 15.8. The van der Waals surface area contributed by atoms with Gasteiger partial charge in [-0.25, -0.2) is 0 Å². The van der Waals surface area contributed by atoms with Crippen molar-refractivity contribution in [3.05, 3.63) is 58.5 Å². The third kappa shape index (κ3) is 3.55. The van der Waals surface area contributed by atoms with E-state index in [-0.39, 0.29) is 11.5 Å². The van der Waals surface area contributed by atoms with E-state index in [0.717, 1.165) is 5.56 Å². The maximum Gasteiger partial charge on any atom is 0.250 e. The van der Waals surface area contributed by atoms with Crippen molar-refractivity contribution in [2.75, 3.05) is 11.1 Å². The number of carbonyl (C=O) groups excluding carboxylic acids is 1. The van der Waals surface area contributed by atoms with Gasteiger partial charge in [-0.1, -0.05) is 12.1 Å². The molecule has 22 heavy (non-hydrogen) atoms. The molecule has 0 unspecified atom stereocenters. The molecule has 3 N–H and O–H groups in total. The molecular weight excluding hydrogens is 278 g/mol. The summed E-state index contributed by atoms with van der Waals surface area (Å²) in [6, 6.07) is 10.5. The molecule has 1 aromatic heterocycles. The Kier molecular flexibility index (Phi) is 4.35. The fourth-order valence-electron chi connectivity index (χ4n) is 2.14. The minimum atomic E-state index is -0.749. The maximum atomic E-state index is 12.5. The lowest BCUT2D eigenvalue weighted by molar-refractivity contribution is -0.124. The Morgan fingerprint density at radius 2 is 1.95 bits per heavy atom. The largest absolute Gasteiger partial charge is 0.397 e. The Morgan fingerprint density at radius 3 is 2.59 bits per heavy atom. The Bertz CT molecular complexity index is 748. The van der Waals surface area contributed by atoms with Gasteiger partial charge in [-0.3, -0.25) is 9.59 Å². The highest BCUT2D eigenvalue weighted by Crippen LogP contribution is 2.23. The summed E-state index contributed by atoms with van der Waals surface area (Å²) in [6.07, 6.45) is 1.71. The lowest BCUT2D eigenvalue weighted by atomic mass is 9.91.